The Balaban J connectivity index is 2.31. The van der Waals surface area contributed by atoms with Crippen LogP contribution in [-0.4, -0.2) is 7.11 Å². The van der Waals surface area contributed by atoms with Gasteiger partial charge >= 0.3 is 0 Å². The van der Waals surface area contributed by atoms with Crippen LogP contribution in [0.4, 0.5) is 0 Å². The average molecular weight is 234 g/mol. The summed E-state index contributed by atoms with van der Waals surface area (Å²) >= 11 is 0. The number of methoxy groups -OCH3 is 1. The standard InChI is InChI=1S/C17H14O/c1-12(18-2)14-9-10-17-15(11-14)8-7-13-5-3-4-6-16(13)17/h3-11H,1H2,2H3. The van der Waals surface area contributed by atoms with E-state index in [-0.39, 0.29) is 0 Å². The minimum Gasteiger partial charge on any atom is -0.497 e. The molecule has 0 radical (unpaired) electrons. The molecule has 0 heterocycles. The van der Waals surface area contributed by atoms with E-state index in [1.807, 2.05) is 0 Å². The maximum Gasteiger partial charge on any atom is 0.118 e. The molecule has 0 N–H and O–H groups in total. The molecular weight excluding hydrogens is 220 g/mol. The normalized spacial score (nSPS) is 10.7. The van der Waals surface area contributed by atoms with Gasteiger partial charge in [-0.1, -0.05) is 55.1 Å². The van der Waals surface area contributed by atoms with Crippen molar-refractivity contribution in [2.45, 2.75) is 0 Å². The molecule has 0 aliphatic heterocycles. The zero-order valence-electron chi connectivity index (χ0n) is 10.3. The Morgan fingerprint density at radius 3 is 2.44 bits per heavy atom. The van der Waals surface area contributed by atoms with E-state index in [0.29, 0.717) is 5.76 Å². The average Bonchev–Trinajstić information content (AvgIpc) is 2.45. The van der Waals surface area contributed by atoms with Gasteiger partial charge in [0.2, 0.25) is 0 Å². The first kappa shape index (κ1) is 10.8. The fourth-order valence-electron chi connectivity index (χ4n) is 2.30. The summed E-state index contributed by atoms with van der Waals surface area (Å²) in [6.45, 7) is 3.89. The van der Waals surface area contributed by atoms with Crippen molar-refractivity contribution in [3.63, 3.8) is 0 Å². The largest absolute Gasteiger partial charge is 0.497 e. The smallest absolute Gasteiger partial charge is 0.118 e. The summed E-state index contributed by atoms with van der Waals surface area (Å²) in [4.78, 5) is 0. The van der Waals surface area contributed by atoms with Crippen LogP contribution < -0.4 is 0 Å². The van der Waals surface area contributed by atoms with Crippen LogP contribution in [0, 0.1) is 0 Å². The fraction of sp³-hybridized carbons (Fsp3) is 0.0588. The zero-order valence-corrected chi connectivity index (χ0v) is 10.3. The molecule has 0 fully saturated rings. The summed E-state index contributed by atoms with van der Waals surface area (Å²) in [6.07, 6.45) is 0. The van der Waals surface area contributed by atoms with Crippen molar-refractivity contribution in [1.29, 1.82) is 0 Å². The highest BCUT2D eigenvalue weighted by Gasteiger charge is 2.03. The van der Waals surface area contributed by atoms with Gasteiger partial charge in [-0.2, -0.15) is 0 Å². The first-order valence-corrected chi connectivity index (χ1v) is 5.94. The van der Waals surface area contributed by atoms with Gasteiger partial charge in [-0.3, -0.25) is 0 Å². The number of hydrogen-bond acceptors (Lipinski definition) is 1. The Labute approximate surface area is 106 Å². The fourth-order valence-corrected chi connectivity index (χ4v) is 2.30. The van der Waals surface area contributed by atoms with Gasteiger partial charge in [0, 0.05) is 5.56 Å². The van der Waals surface area contributed by atoms with E-state index < -0.39 is 0 Å². The minimum atomic E-state index is 0.699. The summed E-state index contributed by atoms with van der Waals surface area (Å²) in [5.41, 5.74) is 1.03. The van der Waals surface area contributed by atoms with Gasteiger partial charge in [0.15, 0.2) is 0 Å². The third kappa shape index (κ3) is 1.65. The Morgan fingerprint density at radius 2 is 1.61 bits per heavy atom. The molecule has 0 aromatic heterocycles. The monoisotopic (exact) mass is 234 g/mol. The maximum absolute atomic E-state index is 5.18. The van der Waals surface area contributed by atoms with Crippen molar-refractivity contribution in [3.8, 4) is 0 Å². The summed E-state index contributed by atoms with van der Waals surface area (Å²) in [7, 11) is 1.65. The van der Waals surface area contributed by atoms with Crippen LogP contribution >= 0.6 is 0 Å². The second kappa shape index (κ2) is 4.19. The second-order valence-electron chi connectivity index (χ2n) is 4.35. The van der Waals surface area contributed by atoms with Gasteiger partial charge in [0.25, 0.3) is 0 Å². The van der Waals surface area contributed by atoms with Crippen LogP contribution in [0.25, 0.3) is 27.3 Å². The second-order valence-corrected chi connectivity index (χ2v) is 4.35. The van der Waals surface area contributed by atoms with Crippen molar-refractivity contribution >= 4 is 27.3 Å². The van der Waals surface area contributed by atoms with Gasteiger partial charge < -0.3 is 4.74 Å². The van der Waals surface area contributed by atoms with Crippen LogP contribution in [0.2, 0.25) is 0 Å². The predicted molar refractivity (Wildman–Crippen MR) is 77.5 cm³/mol. The zero-order chi connectivity index (χ0) is 12.5. The number of rotatable bonds is 2. The van der Waals surface area contributed by atoms with Crippen LogP contribution in [0.5, 0.6) is 0 Å². The molecule has 3 rings (SSSR count). The van der Waals surface area contributed by atoms with Crippen LogP contribution in [0.15, 0.2) is 61.2 Å². The highest BCUT2D eigenvalue weighted by molar-refractivity contribution is 6.07. The minimum absolute atomic E-state index is 0.699. The van der Waals surface area contributed by atoms with Crippen molar-refractivity contribution in [2.75, 3.05) is 7.11 Å². The van der Waals surface area contributed by atoms with E-state index >= 15 is 0 Å². The van der Waals surface area contributed by atoms with Crippen molar-refractivity contribution in [2.24, 2.45) is 0 Å². The molecule has 3 aromatic carbocycles. The highest BCUT2D eigenvalue weighted by Crippen LogP contribution is 2.27. The molecule has 1 nitrogen and oxygen atoms in total. The molecule has 0 amide bonds. The molecule has 0 bridgehead atoms. The van der Waals surface area contributed by atoms with Crippen LogP contribution in [-0.2, 0) is 4.74 Å². The van der Waals surface area contributed by atoms with E-state index in [1.165, 1.54) is 21.5 Å². The SMILES string of the molecule is C=C(OC)c1ccc2c(ccc3ccccc32)c1. The summed E-state index contributed by atoms with van der Waals surface area (Å²) < 4.78 is 5.18. The van der Waals surface area contributed by atoms with Gasteiger partial charge in [-0.05, 0) is 27.6 Å². The van der Waals surface area contributed by atoms with Crippen molar-refractivity contribution < 1.29 is 4.74 Å². The topological polar surface area (TPSA) is 9.23 Å². The molecule has 88 valence electrons. The Kier molecular flexibility index (Phi) is 2.52. The summed E-state index contributed by atoms with van der Waals surface area (Å²) in [5.74, 6) is 0.699. The number of fused-ring (bicyclic) bond motifs is 3. The maximum atomic E-state index is 5.18. The first-order valence-electron chi connectivity index (χ1n) is 5.94. The molecule has 18 heavy (non-hydrogen) atoms. The molecule has 0 saturated heterocycles. The van der Waals surface area contributed by atoms with Crippen molar-refractivity contribution in [3.05, 3.63) is 66.7 Å². The van der Waals surface area contributed by atoms with Gasteiger partial charge in [0.1, 0.15) is 5.76 Å². The van der Waals surface area contributed by atoms with Gasteiger partial charge in [-0.25, -0.2) is 0 Å². The van der Waals surface area contributed by atoms with Gasteiger partial charge in [-0.15, -0.1) is 0 Å². The molecular formula is C17H14O. The third-order valence-electron chi connectivity index (χ3n) is 3.31. The van der Waals surface area contributed by atoms with E-state index in [0.717, 1.165) is 5.56 Å². The quantitative estimate of drug-likeness (QED) is 0.464. The molecule has 0 saturated carbocycles. The molecule has 0 aliphatic carbocycles. The molecule has 0 aliphatic rings. The van der Waals surface area contributed by atoms with E-state index in [1.54, 1.807) is 7.11 Å². The lowest BCUT2D eigenvalue weighted by Gasteiger charge is -2.08. The van der Waals surface area contributed by atoms with Gasteiger partial charge in [0.05, 0.1) is 7.11 Å². The lowest BCUT2D eigenvalue weighted by molar-refractivity contribution is 0.371. The lowest BCUT2D eigenvalue weighted by atomic mass is 10.00. The summed E-state index contributed by atoms with van der Waals surface area (Å²) in [5, 5.41) is 5.03. The summed E-state index contributed by atoms with van der Waals surface area (Å²) in [6, 6.07) is 19.0. The van der Waals surface area contributed by atoms with Crippen molar-refractivity contribution in [1.82, 2.24) is 0 Å². The third-order valence-corrected chi connectivity index (χ3v) is 3.31. The van der Waals surface area contributed by atoms with E-state index in [2.05, 4.69) is 61.2 Å². The lowest BCUT2D eigenvalue weighted by Crippen LogP contribution is -1.86. The Bertz CT molecular complexity index is 741. The van der Waals surface area contributed by atoms with Crippen LogP contribution in [0.3, 0.4) is 0 Å². The van der Waals surface area contributed by atoms with Crippen LogP contribution in [0.1, 0.15) is 5.56 Å². The highest BCUT2D eigenvalue weighted by atomic mass is 16.5. The number of ether oxygens (including phenoxy) is 1. The molecule has 3 aromatic rings. The van der Waals surface area contributed by atoms with E-state index in [4.69, 9.17) is 4.74 Å². The first-order chi connectivity index (χ1) is 8.79. The Morgan fingerprint density at radius 1 is 0.889 bits per heavy atom. The van der Waals surface area contributed by atoms with E-state index in [9.17, 15) is 0 Å². The number of benzene rings is 3. The molecule has 0 atom stereocenters. The predicted octanol–water partition coefficient (Wildman–Crippen LogP) is 4.61. The molecule has 0 unspecified atom stereocenters. The Hall–Kier alpha value is -2.28. The number of hydrogen-bond donors (Lipinski definition) is 0. The molecule has 0 spiro atoms. The molecule has 1 heteroatoms.